The molecule has 0 amide bonds. The number of nitrogens with zero attached hydrogens (tertiary/aromatic N) is 2. The summed E-state index contributed by atoms with van der Waals surface area (Å²) in [6, 6.07) is 0.320. The molecule has 5 nitrogen and oxygen atoms in total. The van der Waals surface area contributed by atoms with Crippen molar-refractivity contribution in [3.05, 3.63) is 5.56 Å². The zero-order valence-corrected chi connectivity index (χ0v) is 13.4. The van der Waals surface area contributed by atoms with Crippen LogP contribution in [0.2, 0.25) is 0 Å². The van der Waals surface area contributed by atoms with Crippen LogP contribution in [0, 0.1) is 0 Å². The van der Waals surface area contributed by atoms with Crippen LogP contribution >= 0.6 is 23.3 Å². The van der Waals surface area contributed by atoms with Gasteiger partial charge in [-0.3, -0.25) is 0 Å². The number of hydrogen-bond donors (Lipinski definition) is 1. The lowest BCUT2D eigenvalue weighted by Gasteiger charge is -2.25. The highest BCUT2D eigenvalue weighted by Gasteiger charge is 2.24. The number of thioether (sulfide) groups is 1. The van der Waals surface area contributed by atoms with Crippen LogP contribution in [-0.4, -0.2) is 42.0 Å². The molecule has 0 aromatic carbocycles. The van der Waals surface area contributed by atoms with Crippen molar-refractivity contribution >= 4 is 40.1 Å². The second kappa shape index (κ2) is 7.59. The molecule has 0 aliphatic rings. The SMILES string of the molecule is CCOC(=O)c1c(N)nsc1N(C)C(C)CCSC. The largest absolute Gasteiger partial charge is 0.462 e. The van der Waals surface area contributed by atoms with E-state index in [1.54, 1.807) is 6.92 Å². The summed E-state index contributed by atoms with van der Waals surface area (Å²) in [5.74, 6) is 0.934. The van der Waals surface area contributed by atoms with E-state index in [9.17, 15) is 4.79 Å². The van der Waals surface area contributed by atoms with Gasteiger partial charge >= 0.3 is 5.97 Å². The first-order chi connectivity index (χ1) is 9.02. The van der Waals surface area contributed by atoms with E-state index in [1.165, 1.54) is 11.5 Å². The molecule has 1 heterocycles. The van der Waals surface area contributed by atoms with Crippen LogP contribution in [0.4, 0.5) is 10.8 Å². The number of carbonyl (C=O) groups is 1. The number of anilines is 2. The summed E-state index contributed by atoms with van der Waals surface area (Å²) in [4.78, 5) is 14.0. The Morgan fingerprint density at radius 2 is 2.32 bits per heavy atom. The van der Waals surface area contributed by atoms with Crippen LogP contribution in [0.5, 0.6) is 0 Å². The highest BCUT2D eigenvalue weighted by Crippen LogP contribution is 2.32. The Hall–Kier alpha value is -0.950. The Morgan fingerprint density at radius 3 is 2.89 bits per heavy atom. The molecule has 0 fully saturated rings. The van der Waals surface area contributed by atoms with E-state index in [-0.39, 0.29) is 5.82 Å². The number of esters is 1. The average molecular weight is 303 g/mol. The van der Waals surface area contributed by atoms with E-state index in [0.717, 1.165) is 17.2 Å². The van der Waals surface area contributed by atoms with Gasteiger partial charge in [-0.25, -0.2) is 4.79 Å². The van der Waals surface area contributed by atoms with Gasteiger partial charge in [-0.2, -0.15) is 16.1 Å². The van der Waals surface area contributed by atoms with E-state index < -0.39 is 5.97 Å². The van der Waals surface area contributed by atoms with E-state index >= 15 is 0 Å². The van der Waals surface area contributed by atoms with Crippen molar-refractivity contribution in [2.75, 3.05) is 36.3 Å². The fraction of sp³-hybridized carbons (Fsp3) is 0.667. The molecule has 1 unspecified atom stereocenters. The minimum atomic E-state index is -0.396. The Labute approximate surface area is 122 Å². The lowest BCUT2D eigenvalue weighted by Crippen LogP contribution is -2.30. The van der Waals surface area contributed by atoms with Gasteiger partial charge < -0.3 is 15.4 Å². The zero-order valence-electron chi connectivity index (χ0n) is 11.8. The predicted molar refractivity (Wildman–Crippen MR) is 83.3 cm³/mol. The lowest BCUT2D eigenvalue weighted by atomic mass is 10.2. The smallest absolute Gasteiger partial charge is 0.345 e. The van der Waals surface area contributed by atoms with Crippen molar-refractivity contribution in [1.82, 2.24) is 4.37 Å². The predicted octanol–water partition coefficient (Wildman–Crippen LogP) is 2.48. The molecule has 1 rings (SSSR count). The standard InChI is InChI=1S/C12H21N3O2S2/c1-5-17-12(16)9-10(13)14-19-11(9)15(3)8(2)6-7-18-4/h8H,5-7H2,1-4H3,(H2,13,14). The summed E-state index contributed by atoms with van der Waals surface area (Å²) < 4.78 is 9.11. The van der Waals surface area contributed by atoms with Gasteiger partial charge in [0.25, 0.3) is 0 Å². The molecular weight excluding hydrogens is 282 g/mol. The Bertz CT molecular complexity index is 423. The van der Waals surface area contributed by atoms with Gasteiger partial charge in [-0.05, 0) is 43.8 Å². The Morgan fingerprint density at radius 1 is 1.63 bits per heavy atom. The van der Waals surface area contributed by atoms with Crippen molar-refractivity contribution < 1.29 is 9.53 Å². The first-order valence-electron chi connectivity index (χ1n) is 6.16. The number of rotatable bonds is 7. The quantitative estimate of drug-likeness (QED) is 0.781. The second-order valence-corrected chi connectivity index (χ2v) is 5.95. The Kier molecular flexibility index (Phi) is 6.44. The fourth-order valence-corrected chi connectivity index (χ4v) is 3.05. The molecule has 0 bridgehead atoms. The van der Waals surface area contributed by atoms with Crippen molar-refractivity contribution in [3.63, 3.8) is 0 Å². The summed E-state index contributed by atoms with van der Waals surface area (Å²) in [7, 11) is 1.96. The van der Waals surface area contributed by atoms with E-state index in [4.69, 9.17) is 10.5 Å². The Balaban J connectivity index is 2.91. The molecular formula is C12H21N3O2S2. The zero-order chi connectivity index (χ0) is 14.4. The highest BCUT2D eigenvalue weighted by molar-refractivity contribution is 7.98. The maximum Gasteiger partial charge on any atom is 0.345 e. The minimum Gasteiger partial charge on any atom is -0.462 e. The number of hydrogen-bond acceptors (Lipinski definition) is 7. The maximum absolute atomic E-state index is 11.9. The molecule has 1 atom stereocenters. The van der Waals surface area contributed by atoms with E-state index in [1.807, 2.05) is 18.8 Å². The van der Waals surface area contributed by atoms with Crippen molar-refractivity contribution in [1.29, 1.82) is 0 Å². The molecule has 108 valence electrons. The molecule has 1 aromatic heterocycles. The third kappa shape index (κ3) is 4.01. The van der Waals surface area contributed by atoms with Crippen molar-refractivity contribution in [2.24, 2.45) is 0 Å². The van der Waals surface area contributed by atoms with Crippen molar-refractivity contribution in [3.8, 4) is 0 Å². The lowest BCUT2D eigenvalue weighted by molar-refractivity contribution is 0.0528. The number of ether oxygens (including phenoxy) is 1. The summed E-state index contributed by atoms with van der Waals surface area (Å²) in [6.45, 7) is 4.23. The minimum absolute atomic E-state index is 0.252. The molecule has 0 radical (unpaired) electrons. The average Bonchev–Trinajstić information content (AvgIpc) is 2.77. The molecule has 0 saturated heterocycles. The fourth-order valence-electron chi connectivity index (χ4n) is 1.61. The number of carbonyl (C=O) groups excluding carboxylic acids is 1. The van der Waals surface area contributed by atoms with Gasteiger partial charge in [0, 0.05) is 13.1 Å². The number of nitrogens with two attached hydrogens (primary N) is 1. The van der Waals surface area contributed by atoms with Crippen LogP contribution in [0.1, 0.15) is 30.6 Å². The molecule has 19 heavy (non-hydrogen) atoms. The third-order valence-electron chi connectivity index (χ3n) is 2.90. The molecule has 0 saturated carbocycles. The van der Waals surface area contributed by atoms with Gasteiger partial charge in [0.05, 0.1) is 6.61 Å². The number of nitrogen functional groups attached to an aromatic ring is 1. The third-order valence-corrected chi connectivity index (χ3v) is 4.50. The number of aromatic nitrogens is 1. The van der Waals surface area contributed by atoms with E-state index in [0.29, 0.717) is 18.2 Å². The van der Waals surface area contributed by atoms with Crippen LogP contribution < -0.4 is 10.6 Å². The first kappa shape index (κ1) is 16.1. The summed E-state index contributed by atoms with van der Waals surface area (Å²) in [6.07, 6.45) is 3.12. The topological polar surface area (TPSA) is 68.5 Å². The molecule has 7 heteroatoms. The maximum atomic E-state index is 11.9. The van der Waals surface area contributed by atoms with Crippen LogP contribution in [0.3, 0.4) is 0 Å². The molecule has 1 aromatic rings. The molecule has 2 N–H and O–H groups in total. The highest BCUT2D eigenvalue weighted by atomic mass is 32.2. The second-order valence-electron chi connectivity index (χ2n) is 4.21. The van der Waals surface area contributed by atoms with Crippen LogP contribution in [-0.2, 0) is 4.74 Å². The van der Waals surface area contributed by atoms with E-state index in [2.05, 4.69) is 22.5 Å². The molecule has 0 aliphatic heterocycles. The van der Waals surface area contributed by atoms with Gasteiger partial charge in [-0.15, -0.1) is 0 Å². The van der Waals surface area contributed by atoms with Crippen LogP contribution in [0.25, 0.3) is 0 Å². The van der Waals surface area contributed by atoms with Gasteiger partial charge in [-0.1, -0.05) is 0 Å². The monoisotopic (exact) mass is 303 g/mol. The van der Waals surface area contributed by atoms with Gasteiger partial charge in [0.1, 0.15) is 10.6 Å². The van der Waals surface area contributed by atoms with Gasteiger partial charge in [0.15, 0.2) is 5.82 Å². The van der Waals surface area contributed by atoms with Crippen LogP contribution in [0.15, 0.2) is 0 Å². The van der Waals surface area contributed by atoms with Crippen molar-refractivity contribution in [2.45, 2.75) is 26.3 Å². The summed E-state index contributed by atoms with van der Waals surface area (Å²) >= 11 is 3.05. The summed E-state index contributed by atoms with van der Waals surface area (Å²) in [5.41, 5.74) is 6.17. The molecule has 0 aliphatic carbocycles. The van der Waals surface area contributed by atoms with Gasteiger partial charge in [0.2, 0.25) is 0 Å². The normalized spacial score (nSPS) is 12.2. The molecule has 0 spiro atoms. The first-order valence-corrected chi connectivity index (χ1v) is 8.33. The summed E-state index contributed by atoms with van der Waals surface area (Å²) in [5, 5.41) is 0.782.